The molecular weight excluding hydrogens is 192 g/mol. The fraction of sp³-hybridized carbons (Fsp3) is 0.167. The van der Waals surface area contributed by atoms with E-state index in [1.54, 1.807) is 6.07 Å². The van der Waals surface area contributed by atoms with Gasteiger partial charge in [-0.05, 0) is 11.5 Å². The summed E-state index contributed by atoms with van der Waals surface area (Å²) in [7, 11) is 0. The summed E-state index contributed by atoms with van der Waals surface area (Å²) in [6.07, 6.45) is 0. The SMILES string of the molecule is OCCOc1c(O)ccc2ccccc12. The van der Waals surface area contributed by atoms with Crippen LogP contribution in [0.1, 0.15) is 0 Å². The molecule has 2 aromatic carbocycles. The van der Waals surface area contributed by atoms with Crippen molar-refractivity contribution >= 4 is 10.8 Å². The third-order valence-corrected chi connectivity index (χ3v) is 2.20. The zero-order valence-corrected chi connectivity index (χ0v) is 8.18. The smallest absolute Gasteiger partial charge is 0.168 e. The lowest BCUT2D eigenvalue weighted by Crippen LogP contribution is -2.02. The van der Waals surface area contributed by atoms with Gasteiger partial charge >= 0.3 is 0 Å². The van der Waals surface area contributed by atoms with Gasteiger partial charge in [-0.15, -0.1) is 0 Å². The van der Waals surface area contributed by atoms with Crippen LogP contribution in [0.2, 0.25) is 0 Å². The first-order valence-electron chi connectivity index (χ1n) is 4.77. The van der Waals surface area contributed by atoms with Gasteiger partial charge in [-0.25, -0.2) is 0 Å². The van der Waals surface area contributed by atoms with E-state index in [1.165, 1.54) is 0 Å². The Balaban J connectivity index is 2.53. The van der Waals surface area contributed by atoms with Gasteiger partial charge in [-0.1, -0.05) is 30.3 Å². The summed E-state index contributed by atoms with van der Waals surface area (Å²) in [6.45, 7) is 0.115. The number of phenolic OH excluding ortho intramolecular Hbond substituents is 1. The van der Waals surface area contributed by atoms with Crippen LogP contribution in [0, 0.1) is 0 Å². The van der Waals surface area contributed by atoms with Gasteiger partial charge < -0.3 is 14.9 Å². The summed E-state index contributed by atoms with van der Waals surface area (Å²) in [5, 5.41) is 20.2. The molecule has 0 unspecified atom stereocenters. The molecule has 0 amide bonds. The van der Waals surface area contributed by atoms with Gasteiger partial charge in [0.1, 0.15) is 6.61 Å². The van der Waals surface area contributed by atoms with Gasteiger partial charge in [0.2, 0.25) is 0 Å². The topological polar surface area (TPSA) is 49.7 Å². The molecule has 0 aliphatic carbocycles. The Kier molecular flexibility index (Phi) is 2.74. The number of hydrogen-bond acceptors (Lipinski definition) is 3. The highest BCUT2D eigenvalue weighted by Gasteiger charge is 2.06. The van der Waals surface area contributed by atoms with Crippen LogP contribution in [0.4, 0.5) is 0 Å². The minimum Gasteiger partial charge on any atom is -0.504 e. The summed E-state index contributed by atoms with van der Waals surface area (Å²) in [5.41, 5.74) is 0. The van der Waals surface area contributed by atoms with Gasteiger partial charge in [0.05, 0.1) is 6.61 Å². The van der Waals surface area contributed by atoms with Gasteiger partial charge in [-0.2, -0.15) is 0 Å². The predicted molar refractivity (Wildman–Crippen MR) is 58.2 cm³/mol. The number of ether oxygens (including phenoxy) is 1. The molecule has 15 heavy (non-hydrogen) atoms. The molecule has 2 rings (SSSR count). The fourth-order valence-electron chi connectivity index (χ4n) is 1.53. The number of hydrogen-bond donors (Lipinski definition) is 2. The molecule has 3 heteroatoms. The fourth-order valence-corrected chi connectivity index (χ4v) is 1.53. The van der Waals surface area contributed by atoms with Crippen molar-refractivity contribution in [2.24, 2.45) is 0 Å². The Labute approximate surface area is 87.5 Å². The highest BCUT2D eigenvalue weighted by Crippen LogP contribution is 2.34. The van der Waals surface area contributed by atoms with Crippen LogP contribution in [0.5, 0.6) is 11.5 Å². The predicted octanol–water partition coefficient (Wildman–Crippen LogP) is 1.92. The Hall–Kier alpha value is -1.74. The number of benzene rings is 2. The van der Waals surface area contributed by atoms with Crippen molar-refractivity contribution in [1.82, 2.24) is 0 Å². The van der Waals surface area contributed by atoms with Crippen molar-refractivity contribution in [2.75, 3.05) is 13.2 Å². The number of rotatable bonds is 3. The quantitative estimate of drug-likeness (QED) is 0.803. The van der Waals surface area contributed by atoms with Crippen LogP contribution in [0.3, 0.4) is 0 Å². The highest BCUT2D eigenvalue weighted by molar-refractivity contribution is 5.90. The average molecular weight is 204 g/mol. The van der Waals surface area contributed by atoms with Crippen LogP contribution in [0.25, 0.3) is 10.8 Å². The molecule has 0 fully saturated rings. The van der Waals surface area contributed by atoms with Gasteiger partial charge in [-0.3, -0.25) is 0 Å². The first-order valence-corrected chi connectivity index (χ1v) is 4.77. The monoisotopic (exact) mass is 204 g/mol. The Morgan fingerprint density at radius 1 is 1.07 bits per heavy atom. The maximum atomic E-state index is 9.63. The molecule has 0 bridgehead atoms. The number of phenols is 1. The molecule has 2 aromatic rings. The largest absolute Gasteiger partial charge is 0.504 e. The van der Waals surface area contributed by atoms with Gasteiger partial charge in [0.15, 0.2) is 11.5 Å². The Morgan fingerprint density at radius 2 is 1.87 bits per heavy atom. The Morgan fingerprint density at radius 3 is 2.67 bits per heavy atom. The molecule has 0 radical (unpaired) electrons. The number of aromatic hydroxyl groups is 1. The summed E-state index contributed by atoms with van der Waals surface area (Å²) in [5.74, 6) is 0.532. The first kappa shape index (κ1) is 9.80. The third kappa shape index (κ3) is 1.87. The zero-order valence-electron chi connectivity index (χ0n) is 8.18. The molecule has 0 heterocycles. The lowest BCUT2D eigenvalue weighted by Gasteiger charge is -2.09. The zero-order chi connectivity index (χ0) is 10.7. The van der Waals surface area contributed by atoms with E-state index in [0.29, 0.717) is 5.75 Å². The molecule has 3 nitrogen and oxygen atoms in total. The summed E-state index contributed by atoms with van der Waals surface area (Å²) in [6, 6.07) is 11.1. The van der Waals surface area contributed by atoms with E-state index in [-0.39, 0.29) is 19.0 Å². The lowest BCUT2D eigenvalue weighted by atomic mass is 10.1. The van der Waals surface area contributed by atoms with Crippen molar-refractivity contribution in [1.29, 1.82) is 0 Å². The van der Waals surface area contributed by atoms with E-state index in [2.05, 4.69) is 0 Å². The van der Waals surface area contributed by atoms with Crippen molar-refractivity contribution in [3.8, 4) is 11.5 Å². The summed E-state index contributed by atoms with van der Waals surface area (Å²) < 4.78 is 5.30. The van der Waals surface area contributed by atoms with Crippen LogP contribution in [-0.4, -0.2) is 23.4 Å². The summed E-state index contributed by atoms with van der Waals surface area (Å²) in [4.78, 5) is 0. The van der Waals surface area contributed by atoms with Crippen LogP contribution in [0.15, 0.2) is 36.4 Å². The lowest BCUT2D eigenvalue weighted by molar-refractivity contribution is 0.199. The highest BCUT2D eigenvalue weighted by atomic mass is 16.5. The Bertz CT molecular complexity index is 465. The minimum absolute atomic E-state index is 0.0668. The van der Waals surface area contributed by atoms with Crippen molar-refractivity contribution in [3.05, 3.63) is 36.4 Å². The van der Waals surface area contributed by atoms with Crippen molar-refractivity contribution in [3.63, 3.8) is 0 Å². The normalized spacial score (nSPS) is 10.5. The molecule has 0 saturated heterocycles. The van der Waals surface area contributed by atoms with Gasteiger partial charge in [0, 0.05) is 5.39 Å². The van der Waals surface area contributed by atoms with Crippen molar-refractivity contribution < 1.29 is 14.9 Å². The second kappa shape index (κ2) is 4.19. The second-order valence-corrected chi connectivity index (χ2v) is 3.21. The number of aliphatic hydroxyl groups is 1. The molecule has 0 aromatic heterocycles. The van der Waals surface area contributed by atoms with Crippen LogP contribution in [-0.2, 0) is 0 Å². The molecule has 0 aliphatic rings. The van der Waals surface area contributed by atoms with Crippen LogP contribution >= 0.6 is 0 Å². The number of fused-ring (bicyclic) bond motifs is 1. The van der Waals surface area contributed by atoms with Crippen molar-refractivity contribution in [2.45, 2.75) is 0 Å². The first-order chi connectivity index (χ1) is 7.33. The maximum Gasteiger partial charge on any atom is 0.168 e. The molecule has 0 aliphatic heterocycles. The standard InChI is InChI=1S/C12H12O3/c13-7-8-15-12-10-4-2-1-3-9(10)5-6-11(12)14/h1-6,13-14H,7-8H2. The van der Waals surface area contributed by atoms with E-state index < -0.39 is 0 Å². The van der Waals surface area contributed by atoms with Crippen LogP contribution < -0.4 is 4.74 Å². The molecule has 78 valence electrons. The molecule has 0 saturated carbocycles. The maximum absolute atomic E-state index is 9.63. The number of aliphatic hydroxyl groups excluding tert-OH is 1. The average Bonchev–Trinajstić information content (AvgIpc) is 2.28. The van der Waals surface area contributed by atoms with Gasteiger partial charge in [0.25, 0.3) is 0 Å². The minimum atomic E-state index is -0.0668. The summed E-state index contributed by atoms with van der Waals surface area (Å²) >= 11 is 0. The molecule has 0 spiro atoms. The molecule has 0 atom stereocenters. The van der Waals surface area contributed by atoms with E-state index in [1.807, 2.05) is 30.3 Å². The third-order valence-electron chi connectivity index (χ3n) is 2.20. The van der Waals surface area contributed by atoms with E-state index in [9.17, 15) is 5.11 Å². The van der Waals surface area contributed by atoms with E-state index in [0.717, 1.165) is 10.8 Å². The molecular formula is C12H12O3. The second-order valence-electron chi connectivity index (χ2n) is 3.21. The van der Waals surface area contributed by atoms with E-state index in [4.69, 9.17) is 9.84 Å². The van der Waals surface area contributed by atoms with E-state index >= 15 is 0 Å². The molecule has 2 N–H and O–H groups in total.